The summed E-state index contributed by atoms with van der Waals surface area (Å²) in [7, 11) is 0. The average Bonchev–Trinajstić information content (AvgIpc) is 3.56. The van der Waals surface area contributed by atoms with Crippen LogP contribution in [0.3, 0.4) is 0 Å². The Hall–Kier alpha value is -5.62. The molecule has 8 aromatic rings. The van der Waals surface area contributed by atoms with Crippen molar-refractivity contribution in [2.45, 2.75) is 0 Å². The van der Waals surface area contributed by atoms with Crippen LogP contribution in [-0.2, 0) is 0 Å². The van der Waals surface area contributed by atoms with Crippen LogP contribution in [0.25, 0.3) is 67.7 Å². The van der Waals surface area contributed by atoms with Crippen molar-refractivity contribution in [3.8, 4) is 39.9 Å². The van der Waals surface area contributed by atoms with E-state index in [2.05, 4.69) is 52.9 Å². The molecule has 6 heteroatoms. The van der Waals surface area contributed by atoms with Gasteiger partial charge in [-0.1, -0.05) is 109 Å². The summed E-state index contributed by atoms with van der Waals surface area (Å²) in [6.45, 7) is 0. The van der Waals surface area contributed by atoms with E-state index in [4.69, 9.17) is 19.9 Å². The summed E-state index contributed by atoms with van der Waals surface area (Å²) in [4.78, 5) is 20.0. The predicted molar refractivity (Wildman–Crippen MR) is 159 cm³/mol. The lowest BCUT2D eigenvalue weighted by molar-refractivity contribution is 0.937. The molecule has 5 aromatic carbocycles. The molecule has 0 saturated heterocycles. The molecule has 6 nitrogen and oxygen atoms in total. The fraction of sp³-hybridized carbons (Fsp3) is 0. The Bertz CT molecular complexity index is 2090. The highest BCUT2D eigenvalue weighted by atomic mass is 15.3. The molecule has 0 N–H and O–H groups in total. The van der Waals surface area contributed by atoms with Gasteiger partial charge >= 0.3 is 0 Å². The molecule has 0 radical (unpaired) electrons. The Balaban J connectivity index is 1.46. The van der Waals surface area contributed by atoms with Gasteiger partial charge < -0.3 is 0 Å². The van der Waals surface area contributed by atoms with Crippen molar-refractivity contribution in [2.24, 2.45) is 0 Å². The van der Waals surface area contributed by atoms with Crippen LogP contribution in [0.2, 0.25) is 0 Å². The van der Waals surface area contributed by atoms with E-state index in [1.54, 1.807) is 0 Å². The quantitative estimate of drug-likeness (QED) is 0.242. The summed E-state index contributed by atoms with van der Waals surface area (Å²) < 4.78 is 4.25. The molecule has 8 rings (SSSR count). The molecule has 0 amide bonds. The number of imidazole rings is 2. The van der Waals surface area contributed by atoms with Crippen LogP contribution in [0.1, 0.15) is 0 Å². The van der Waals surface area contributed by atoms with Crippen LogP contribution in [0.4, 0.5) is 0 Å². The fourth-order valence-corrected chi connectivity index (χ4v) is 5.30. The standard InChI is InChI=1S/C34H22N6/c1-4-12-23(13-5-1)26-20-21-29-30(22-26)39-28-19-11-10-18-27(28)35-34(39)40(29)33-37-31(24-14-6-2-7-15-24)36-32(38-33)25-16-8-3-9-17-25/h1-22H. The molecule has 3 aromatic heterocycles. The molecular weight excluding hydrogens is 492 g/mol. The van der Waals surface area contributed by atoms with Gasteiger partial charge in [0.1, 0.15) is 0 Å². The first-order valence-electron chi connectivity index (χ1n) is 13.2. The van der Waals surface area contributed by atoms with Crippen molar-refractivity contribution in [3.63, 3.8) is 0 Å². The molecular formula is C34H22N6. The summed E-state index contributed by atoms with van der Waals surface area (Å²) in [5, 5.41) is 0. The second-order valence-electron chi connectivity index (χ2n) is 9.66. The number of hydrogen-bond donors (Lipinski definition) is 0. The van der Waals surface area contributed by atoms with E-state index < -0.39 is 0 Å². The Morgan fingerprint density at radius 2 is 0.975 bits per heavy atom. The predicted octanol–water partition coefficient (Wildman–Crippen LogP) is 7.62. The molecule has 0 bridgehead atoms. The molecule has 0 aliphatic rings. The fourth-order valence-electron chi connectivity index (χ4n) is 5.30. The maximum absolute atomic E-state index is 5.06. The molecule has 0 aliphatic carbocycles. The summed E-state index contributed by atoms with van der Waals surface area (Å²) >= 11 is 0. The molecule has 0 unspecified atom stereocenters. The first-order valence-corrected chi connectivity index (χ1v) is 13.2. The maximum atomic E-state index is 5.06. The SMILES string of the molecule is c1ccc(-c2ccc3c(c2)n2c4ccccc4nc2n3-c2nc(-c3ccccc3)nc(-c3ccccc3)n2)cc1. The van der Waals surface area contributed by atoms with Gasteiger partial charge in [0.2, 0.25) is 11.7 Å². The monoisotopic (exact) mass is 514 g/mol. The number of aromatic nitrogens is 6. The highest BCUT2D eigenvalue weighted by Crippen LogP contribution is 2.32. The van der Waals surface area contributed by atoms with E-state index in [-0.39, 0.29) is 0 Å². The van der Waals surface area contributed by atoms with E-state index in [0.29, 0.717) is 17.6 Å². The smallest absolute Gasteiger partial charge is 0.241 e. The molecule has 40 heavy (non-hydrogen) atoms. The number of nitrogens with zero attached hydrogens (tertiary/aromatic N) is 6. The van der Waals surface area contributed by atoms with Gasteiger partial charge in [0.25, 0.3) is 0 Å². The van der Waals surface area contributed by atoms with Gasteiger partial charge in [0.05, 0.1) is 22.1 Å². The number of para-hydroxylation sites is 2. The molecule has 0 saturated carbocycles. The van der Waals surface area contributed by atoms with Crippen LogP contribution in [0.5, 0.6) is 0 Å². The Labute approximate surface area is 229 Å². The number of benzene rings is 5. The van der Waals surface area contributed by atoms with E-state index >= 15 is 0 Å². The van der Waals surface area contributed by atoms with E-state index in [1.165, 1.54) is 0 Å². The van der Waals surface area contributed by atoms with E-state index in [0.717, 1.165) is 50.1 Å². The summed E-state index contributed by atoms with van der Waals surface area (Å²) in [6, 6.07) is 45.2. The number of hydrogen-bond acceptors (Lipinski definition) is 4. The second kappa shape index (κ2) is 8.99. The van der Waals surface area contributed by atoms with Crippen LogP contribution >= 0.6 is 0 Å². The zero-order valence-electron chi connectivity index (χ0n) is 21.4. The minimum absolute atomic E-state index is 0.524. The molecule has 0 aliphatic heterocycles. The molecule has 3 heterocycles. The average molecular weight is 515 g/mol. The first kappa shape index (κ1) is 22.4. The van der Waals surface area contributed by atoms with E-state index in [1.807, 2.05) is 89.5 Å². The topological polar surface area (TPSA) is 60.9 Å². The van der Waals surface area contributed by atoms with E-state index in [9.17, 15) is 0 Å². The van der Waals surface area contributed by atoms with Crippen molar-refractivity contribution in [1.82, 2.24) is 28.9 Å². The lowest BCUT2D eigenvalue weighted by atomic mass is 10.1. The maximum Gasteiger partial charge on any atom is 0.241 e. The number of rotatable bonds is 4. The van der Waals surface area contributed by atoms with Crippen molar-refractivity contribution < 1.29 is 0 Å². The number of fused-ring (bicyclic) bond motifs is 5. The molecule has 0 fully saturated rings. The van der Waals surface area contributed by atoms with Gasteiger partial charge in [-0.2, -0.15) is 9.97 Å². The van der Waals surface area contributed by atoms with Gasteiger partial charge in [0, 0.05) is 11.1 Å². The Kier molecular flexibility index (Phi) is 5.03. The third-order valence-electron chi connectivity index (χ3n) is 7.20. The van der Waals surface area contributed by atoms with Gasteiger partial charge in [-0.05, 0) is 35.4 Å². The van der Waals surface area contributed by atoms with Crippen molar-refractivity contribution in [1.29, 1.82) is 0 Å². The second-order valence-corrected chi connectivity index (χ2v) is 9.66. The summed E-state index contributed by atoms with van der Waals surface area (Å²) in [5.41, 5.74) is 8.10. The van der Waals surface area contributed by atoms with Gasteiger partial charge in [-0.25, -0.2) is 14.5 Å². The van der Waals surface area contributed by atoms with Crippen molar-refractivity contribution >= 4 is 27.8 Å². The summed E-state index contributed by atoms with van der Waals surface area (Å²) in [5.74, 6) is 2.50. The highest BCUT2D eigenvalue weighted by Gasteiger charge is 2.21. The Morgan fingerprint density at radius 1 is 0.400 bits per heavy atom. The normalized spacial score (nSPS) is 11.5. The lowest BCUT2D eigenvalue weighted by Crippen LogP contribution is -2.06. The van der Waals surface area contributed by atoms with Gasteiger partial charge in [-0.15, -0.1) is 0 Å². The van der Waals surface area contributed by atoms with Crippen LogP contribution in [0, 0.1) is 0 Å². The zero-order valence-corrected chi connectivity index (χ0v) is 21.4. The van der Waals surface area contributed by atoms with Crippen LogP contribution in [0.15, 0.2) is 133 Å². The van der Waals surface area contributed by atoms with Crippen LogP contribution < -0.4 is 0 Å². The minimum Gasteiger partial charge on any atom is -0.276 e. The Morgan fingerprint density at radius 3 is 1.62 bits per heavy atom. The summed E-state index contributed by atoms with van der Waals surface area (Å²) in [6.07, 6.45) is 0. The molecule has 0 spiro atoms. The molecule has 0 atom stereocenters. The highest BCUT2D eigenvalue weighted by molar-refractivity contribution is 5.93. The zero-order chi connectivity index (χ0) is 26.5. The first-order chi connectivity index (χ1) is 19.8. The third kappa shape index (κ3) is 3.58. The largest absolute Gasteiger partial charge is 0.276 e. The molecule has 188 valence electrons. The minimum atomic E-state index is 0.524. The van der Waals surface area contributed by atoms with Crippen LogP contribution in [-0.4, -0.2) is 28.9 Å². The lowest BCUT2D eigenvalue weighted by Gasteiger charge is -2.10. The van der Waals surface area contributed by atoms with Crippen molar-refractivity contribution in [3.05, 3.63) is 133 Å². The van der Waals surface area contributed by atoms with Gasteiger partial charge in [0.15, 0.2) is 11.6 Å². The van der Waals surface area contributed by atoms with Gasteiger partial charge in [-0.3, -0.25) is 4.40 Å². The third-order valence-corrected chi connectivity index (χ3v) is 7.20. The van der Waals surface area contributed by atoms with Crippen molar-refractivity contribution in [2.75, 3.05) is 0 Å².